The van der Waals surface area contributed by atoms with Crippen LogP contribution in [0.25, 0.3) is 22.5 Å². The molecule has 1 aromatic carbocycles. The first-order valence-electron chi connectivity index (χ1n) is 10.7. The molecular weight excluding hydrogens is 469 g/mol. The minimum atomic E-state index is -4.44. The molecule has 4 rings (SSSR count). The molecule has 1 N–H and O–H groups in total. The van der Waals surface area contributed by atoms with Gasteiger partial charge in [0.15, 0.2) is 0 Å². The Hall–Kier alpha value is -3.27. The fraction of sp³-hybridized carbons (Fsp3) is 0.348. The molecule has 0 radical (unpaired) electrons. The third-order valence-corrected chi connectivity index (χ3v) is 6.06. The van der Waals surface area contributed by atoms with Crippen LogP contribution in [0.3, 0.4) is 0 Å². The lowest BCUT2D eigenvalue weighted by atomic mass is 10.0. The fourth-order valence-electron chi connectivity index (χ4n) is 3.48. The summed E-state index contributed by atoms with van der Waals surface area (Å²) in [5, 5.41) is 11.8. The summed E-state index contributed by atoms with van der Waals surface area (Å²) in [6.07, 6.45) is -0.679. The maximum absolute atomic E-state index is 13.0. The summed E-state index contributed by atoms with van der Waals surface area (Å²) in [4.78, 5) is 22.6. The lowest BCUT2D eigenvalue weighted by Gasteiger charge is -2.39. The van der Waals surface area contributed by atoms with Crippen molar-refractivity contribution in [2.75, 3.05) is 18.0 Å². The average Bonchev–Trinajstić information content (AvgIpc) is 2.80. The molecule has 1 saturated heterocycles. The topological polar surface area (TPSA) is 83.9 Å². The summed E-state index contributed by atoms with van der Waals surface area (Å²) in [6.45, 7) is 4.88. The monoisotopic (exact) mass is 490 g/mol. The summed E-state index contributed by atoms with van der Waals surface area (Å²) in [5.41, 5.74) is 0.870. The molecule has 178 valence electrons. The van der Waals surface area contributed by atoms with Gasteiger partial charge in [0.25, 0.3) is 0 Å². The molecule has 0 saturated carbocycles. The number of hydrogen-bond donors (Lipinski definition) is 1. The molecule has 0 aliphatic carbocycles. The zero-order valence-corrected chi connectivity index (χ0v) is 19.2. The van der Waals surface area contributed by atoms with E-state index in [1.54, 1.807) is 12.3 Å². The second-order valence-electron chi connectivity index (χ2n) is 8.16. The predicted molar refractivity (Wildman–Crippen MR) is 122 cm³/mol. The van der Waals surface area contributed by atoms with Gasteiger partial charge in [-0.3, -0.25) is 9.78 Å². The van der Waals surface area contributed by atoms with Gasteiger partial charge in [0.05, 0.1) is 16.6 Å². The lowest BCUT2D eigenvalue weighted by molar-refractivity contribution is -0.137. The number of pyridine rings is 1. The van der Waals surface area contributed by atoms with Crippen molar-refractivity contribution >= 4 is 23.5 Å². The molecule has 0 bridgehead atoms. The zero-order valence-electron chi connectivity index (χ0n) is 18.5. The van der Waals surface area contributed by atoms with Gasteiger partial charge in [-0.15, -0.1) is 10.2 Å². The Labute approximate surface area is 199 Å². The van der Waals surface area contributed by atoms with Crippen molar-refractivity contribution in [1.29, 1.82) is 0 Å². The quantitative estimate of drug-likeness (QED) is 0.542. The van der Waals surface area contributed by atoms with E-state index >= 15 is 0 Å². The van der Waals surface area contributed by atoms with Gasteiger partial charge >= 0.3 is 6.18 Å². The zero-order chi connectivity index (χ0) is 24.5. The normalized spacial score (nSPS) is 15.1. The first-order chi connectivity index (χ1) is 16.2. The van der Waals surface area contributed by atoms with Crippen LogP contribution in [0.15, 0.2) is 42.7 Å². The Balaban J connectivity index is 1.63. The highest BCUT2D eigenvalue weighted by Gasteiger charge is 2.32. The Morgan fingerprint density at radius 1 is 1.18 bits per heavy atom. The van der Waals surface area contributed by atoms with E-state index in [1.807, 2.05) is 18.7 Å². The maximum Gasteiger partial charge on any atom is 0.416 e. The summed E-state index contributed by atoms with van der Waals surface area (Å²) >= 11 is 6.35. The largest absolute Gasteiger partial charge is 0.416 e. The summed E-state index contributed by atoms with van der Waals surface area (Å²) in [7, 11) is 0. The van der Waals surface area contributed by atoms with E-state index in [9.17, 15) is 18.0 Å². The molecule has 3 heterocycles. The number of alkyl halides is 3. The minimum absolute atomic E-state index is 0.00750. The van der Waals surface area contributed by atoms with Crippen molar-refractivity contribution in [3.05, 3.63) is 53.3 Å². The van der Waals surface area contributed by atoms with Gasteiger partial charge in [-0.05, 0) is 24.6 Å². The highest BCUT2D eigenvalue weighted by Crippen LogP contribution is 2.36. The van der Waals surface area contributed by atoms with E-state index in [2.05, 4.69) is 25.5 Å². The Bertz CT molecular complexity index is 1180. The Morgan fingerprint density at radius 3 is 2.50 bits per heavy atom. The molecule has 34 heavy (non-hydrogen) atoms. The van der Waals surface area contributed by atoms with E-state index in [0.717, 1.165) is 18.6 Å². The Kier molecular flexibility index (Phi) is 6.70. The van der Waals surface area contributed by atoms with Crippen molar-refractivity contribution < 1.29 is 18.0 Å². The summed E-state index contributed by atoms with van der Waals surface area (Å²) in [6, 6.07) is 6.28. The van der Waals surface area contributed by atoms with Crippen LogP contribution in [0, 0.1) is 5.92 Å². The van der Waals surface area contributed by atoms with Gasteiger partial charge < -0.3 is 10.2 Å². The molecule has 1 fully saturated rings. The van der Waals surface area contributed by atoms with Crippen molar-refractivity contribution in [2.24, 2.45) is 5.92 Å². The van der Waals surface area contributed by atoms with Crippen LogP contribution in [0.1, 0.15) is 25.8 Å². The summed E-state index contributed by atoms with van der Waals surface area (Å²) in [5.74, 6) is 0.288. The van der Waals surface area contributed by atoms with Gasteiger partial charge in [-0.25, -0.2) is 4.98 Å². The van der Waals surface area contributed by atoms with Crippen LogP contribution in [0.2, 0.25) is 5.02 Å². The second-order valence-corrected chi connectivity index (χ2v) is 8.57. The standard InChI is InChI=1S/C23H22ClF3N6O/c1-3-13(2)21(34)29-16-11-33(12-16)22-30-20(17-8-9-28-10-18(17)24)19(31-32-22)14-4-6-15(7-5-14)23(25,26)27/h4-10,13,16H,3,11-12H2,1-2H3,(H,29,34)/t13-/m0/s1. The molecular formula is C23H22ClF3N6O. The fourth-order valence-corrected chi connectivity index (χ4v) is 3.69. The van der Waals surface area contributed by atoms with Crippen LogP contribution >= 0.6 is 11.6 Å². The van der Waals surface area contributed by atoms with Gasteiger partial charge in [0.1, 0.15) is 11.4 Å². The number of aromatic nitrogens is 4. The number of nitrogens with zero attached hydrogens (tertiary/aromatic N) is 5. The minimum Gasteiger partial charge on any atom is -0.350 e. The first-order valence-corrected chi connectivity index (χ1v) is 11.1. The smallest absolute Gasteiger partial charge is 0.350 e. The number of carbonyl (C=O) groups excluding carboxylic acids is 1. The number of nitrogens with one attached hydrogen (secondary N) is 1. The highest BCUT2D eigenvalue weighted by atomic mass is 35.5. The van der Waals surface area contributed by atoms with Crippen LogP contribution in [0.4, 0.5) is 19.1 Å². The number of rotatable bonds is 6. The number of carbonyl (C=O) groups is 1. The van der Waals surface area contributed by atoms with Gasteiger partial charge in [-0.2, -0.15) is 13.2 Å². The number of benzene rings is 1. The lowest BCUT2D eigenvalue weighted by Crippen LogP contribution is -2.60. The SMILES string of the molecule is CC[C@H](C)C(=O)NC1CN(c2nnc(-c3ccc(C(F)(F)F)cc3)c(-c3ccncc3Cl)n2)C1. The van der Waals surface area contributed by atoms with Gasteiger partial charge in [-0.1, -0.05) is 37.6 Å². The average molecular weight is 491 g/mol. The molecule has 0 unspecified atom stereocenters. The molecule has 2 aromatic heterocycles. The second kappa shape index (κ2) is 9.54. The van der Waals surface area contributed by atoms with E-state index in [4.69, 9.17) is 11.6 Å². The number of anilines is 1. The summed E-state index contributed by atoms with van der Waals surface area (Å²) < 4.78 is 39.0. The molecule has 11 heteroatoms. The maximum atomic E-state index is 13.0. The van der Waals surface area contributed by atoms with Crippen LogP contribution in [-0.2, 0) is 11.0 Å². The first kappa shape index (κ1) is 23.9. The van der Waals surface area contributed by atoms with E-state index in [1.165, 1.54) is 18.3 Å². The van der Waals surface area contributed by atoms with Gasteiger partial charge in [0.2, 0.25) is 11.9 Å². The highest BCUT2D eigenvalue weighted by molar-refractivity contribution is 6.33. The molecule has 3 aromatic rings. The molecule has 1 amide bonds. The van der Waals surface area contributed by atoms with Crippen molar-refractivity contribution in [3.8, 4) is 22.5 Å². The third-order valence-electron chi connectivity index (χ3n) is 5.76. The molecule has 7 nitrogen and oxygen atoms in total. The number of hydrogen-bond acceptors (Lipinski definition) is 6. The van der Waals surface area contributed by atoms with Gasteiger partial charge in [0, 0.05) is 42.5 Å². The van der Waals surface area contributed by atoms with Crippen molar-refractivity contribution in [1.82, 2.24) is 25.5 Å². The molecule has 1 aliphatic rings. The predicted octanol–water partition coefficient (Wildman–Crippen LogP) is 4.62. The molecule has 1 atom stereocenters. The third kappa shape index (κ3) is 4.96. The van der Waals surface area contributed by atoms with Crippen molar-refractivity contribution in [3.63, 3.8) is 0 Å². The van der Waals surface area contributed by atoms with Crippen molar-refractivity contribution in [2.45, 2.75) is 32.5 Å². The Morgan fingerprint density at radius 2 is 1.88 bits per heavy atom. The number of halogens is 4. The van der Waals surface area contributed by atoms with E-state index in [-0.39, 0.29) is 17.9 Å². The van der Waals surface area contributed by atoms with Crippen LogP contribution in [0.5, 0.6) is 0 Å². The van der Waals surface area contributed by atoms with E-state index < -0.39 is 11.7 Å². The number of amides is 1. The van der Waals surface area contributed by atoms with E-state index in [0.29, 0.717) is 46.6 Å². The molecule has 0 spiro atoms. The molecule has 1 aliphatic heterocycles. The van der Waals surface area contributed by atoms with Crippen LogP contribution in [-0.4, -0.2) is 45.2 Å². The van der Waals surface area contributed by atoms with Crippen LogP contribution < -0.4 is 10.2 Å².